The Kier molecular flexibility index (Phi) is 5.18. The molecule has 2 atom stereocenters. The van der Waals surface area contributed by atoms with Crippen molar-refractivity contribution in [3.05, 3.63) is 29.8 Å². The molecule has 1 aromatic carbocycles. The highest BCUT2D eigenvalue weighted by Gasteiger charge is 2.35. The van der Waals surface area contributed by atoms with Crippen LogP contribution < -0.4 is 10.5 Å². The predicted molar refractivity (Wildman–Crippen MR) is 79.5 cm³/mol. The predicted octanol–water partition coefficient (Wildman–Crippen LogP) is 1.70. The van der Waals surface area contributed by atoms with Crippen LogP contribution in [0.25, 0.3) is 0 Å². The molecule has 0 aromatic heterocycles. The number of hydrogen-bond donors (Lipinski definition) is 1. The zero-order valence-electron chi connectivity index (χ0n) is 13.1. The summed E-state index contributed by atoms with van der Waals surface area (Å²) in [4.78, 5) is 25.3. The van der Waals surface area contributed by atoms with Crippen molar-refractivity contribution in [2.45, 2.75) is 26.4 Å². The average molecular weight is 326 g/mol. The highest BCUT2D eigenvalue weighted by Crippen LogP contribution is 2.24. The van der Waals surface area contributed by atoms with Crippen LogP contribution in [0.1, 0.15) is 20.3 Å². The molecule has 5 nitrogen and oxygen atoms in total. The molecule has 1 fully saturated rings. The molecule has 2 amide bonds. The molecule has 2 rings (SSSR count). The highest BCUT2D eigenvalue weighted by atomic mass is 19.1. The molecule has 2 unspecified atom stereocenters. The monoisotopic (exact) mass is 326 g/mol. The van der Waals surface area contributed by atoms with E-state index in [0.717, 1.165) is 12.1 Å². The molecule has 1 heterocycles. The number of carbonyl (C=O) groups is 2. The van der Waals surface area contributed by atoms with Crippen LogP contribution in [-0.4, -0.2) is 35.9 Å². The van der Waals surface area contributed by atoms with Gasteiger partial charge in [-0.1, -0.05) is 13.8 Å². The number of primary amides is 1. The van der Waals surface area contributed by atoms with Gasteiger partial charge in [0, 0.05) is 19.2 Å². The van der Waals surface area contributed by atoms with Gasteiger partial charge in [-0.15, -0.1) is 0 Å². The van der Waals surface area contributed by atoms with Crippen molar-refractivity contribution in [3.8, 4) is 5.75 Å². The van der Waals surface area contributed by atoms with Gasteiger partial charge < -0.3 is 15.4 Å². The Morgan fingerprint density at radius 3 is 2.57 bits per heavy atom. The minimum Gasteiger partial charge on any atom is -0.477 e. The van der Waals surface area contributed by atoms with E-state index in [1.807, 2.05) is 0 Å². The third-order valence-corrected chi connectivity index (χ3v) is 3.90. The van der Waals surface area contributed by atoms with Gasteiger partial charge in [-0.3, -0.25) is 9.59 Å². The van der Waals surface area contributed by atoms with Crippen molar-refractivity contribution in [2.24, 2.45) is 17.6 Å². The van der Waals surface area contributed by atoms with Gasteiger partial charge in [-0.05, 0) is 24.5 Å². The molecule has 0 aliphatic carbocycles. The Morgan fingerprint density at radius 2 is 2.04 bits per heavy atom. The molecule has 1 aliphatic rings. The molecule has 23 heavy (non-hydrogen) atoms. The van der Waals surface area contributed by atoms with Gasteiger partial charge in [0.2, 0.25) is 5.91 Å². The summed E-state index contributed by atoms with van der Waals surface area (Å²) in [5.41, 5.74) is 5.26. The number of benzene rings is 1. The Labute approximate surface area is 133 Å². The first-order chi connectivity index (χ1) is 10.8. The number of rotatable bonds is 5. The van der Waals surface area contributed by atoms with Crippen LogP contribution in [0.4, 0.5) is 8.78 Å². The summed E-state index contributed by atoms with van der Waals surface area (Å²) >= 11 is 0. The lowest BCUT2D eigenvalue weighted by Crippen LogP contribution is -2.44. The van der Waals surface area contributed by atoms with E-state index in [-0.39, 0.29) is 30.0 Å². The summed E-state index contributed by atoms with van der Waals surface area (Å²) < 4.78 is 32.2. The molecule has 0 radical (unpaired) electrons. The molecule has 1 saturated heterocycles. The third kappa shape index (κ3) is 3.97. The zero-order valence-corrected chi connectivity index (χ0v) is 13.1. The van der Waals surface area contributed by atoms with Crippen molar-refractivity contribution in [3.63, 3.8) is 0 Å². The van der Waals surface area contributed by atoms with Crippen LogP contribution in [0.2, 0.25) is 0 Å². The van der Waals surface area contributed by atoms with Crippen LogP contribution in [0.3, 0.4) is 0 Å². The van der Waals surface area contributed by atoms with Crippen molar-refractivity contribution in [1.29, 1.82) is 0 Å². The van der Waals surface area contributed by atoms with Gasteiger partial charge in [0.15, 0.2) is 17.7 Å². The smallest absolute Gasteiger partial charge is 0.263 e. The van der Waals surface area contributed by atoms with E-state index < -0.39 is 23.6 Å². The minimum absolute atomic E-state index is 0.177. The summed E-state index contributed by atoms with van der Waals surface area (Å²) in [5, 5.41) is 0. The van der Waals surface area contributed by atoms with Crippen LogP contribution >= 0.6 is 0 Å². The number of likely N-dealkylation sites (tertiary alicyclic amines) is 1. The molecular weight excluding hydrogens is 306 g/mol. The first-order valence-corrected chi connectivity index (χ1v) is 7.49. The third-order valence-electron chi connectivity index (χ3n) is 3.90. The molecule has 7 heteroatoms. The van der Waals surface area contributed by atoms with Crippen molar-refractivity contribution < 1.29 is 23.1 Å². The number of amides is 2. The molecule has 126 valence electrons. The number of ether oxygens (including phenoxy) is 1. The fourth-order valence-corrected chi connectivity index (χ4v) is 2.55. The van der Waals surface area contributed by atoms with Gasteiger partial charge in [-0.2, -0.15) is 0 Å². The lowest BCUT2D eigenvalue weighted by Gasteiger charge is -2.26. The van der Waals surface area contributed by atoms with Gasteiger partial charge in [0.1, 0.15) is 5.82 Å². The fourth-order valence-electron chi connectivity index (χ4n) is 2.55. The number of nitrogens with two attached hydrogens (primary N) is 1. The lowest BCUT2D eigenvalue weighted by atomic mass is 10.1. The summed E-state index contributed by atoms with van der Waals surface area (Å²) in [6, 6.07) is 2.93. The normalized spacial score (nSPS) is 19.0. The first kappa shape index (κ1) is 17.2. The van der Waals surface area contributed by atoms with Crippen molar-refractivity contribution in [2.75, 3.05) is 13.1 Å². The van der Waals surface area contributed by atoms with E-state index in [0.29, 0.717) is 19.0 Å². The summed E-state index contributed by atoms with van der Waals surface area (Å²) in [6.07, 6.45) is -0.404. The number of halogens is 2. The van der Waals surface area contributed by atoms with Gasteiger partial charge >= 0.3 is 0 Å². The standard InChI is InChI=1S/C16H20F2N2O3/c1-9(2)14(23-13-4-3-11(17)7-12(13)18)16(22)20-6-5-10(8-20)15(19)21/h3-4,7,9-10,14H,5-6,8H2,1-2H3,(H2,19,21). The van der Waals surface area contributed by atoms with E-state index >= 15 is 0 Å². The maximum Gasteiger partial charge on any atom is 0.263 e. The Hall–Kier alpha value is -2.18. The van der Waals surface area contributed by atoms with E-state index in [1.54, 1.807) is 13.8 Å². The van der Waals surface area contributed by atoms with E-state index in [1.165, 1.54) is 4.90 Å². The van der Waals surface area contributed by atoms with Crippen LogP contribution in [0.5, 0.6) is 5.75 Å². The van der Waals surface area contributed by atoms with Crippen molar-refractivity contribution >= 4 is 11.8 Å². The molecular formula is C16H20F2N2O3. The van der Waals surface area contributed by atoms with E-state index in [9.17, 15) is 18.4 Å². The van der Waals surface area contributed by atoms with Crippen LogP contribution in [-0.2, 0) is 9.59 Å². The van der Waals surface area contributed by atoms with E-state index in [4.69, 9.17) is 10.5 Å². The SMILES string of the molecule is CC(C)C(Oc1ccc(F)cc1F)C(=O)N1CCC(C(N)=O)C1. The van der Waals surface area contributed by atoms with Crippen LogP contribution in [0, 0.1) is 23.5 Å². The van der Waals surface area contributed by atoms with Crippen LogP contribution in [0.15, 0.2) is 18.2 Å². The molecule has 1 aliphatic heterocycles. The summed E-state index contributed by atoms with van der Waals surface area (Å²) in [5.74, 6) is -3.11. The summed E-state index contributed by atoms with van der Waals surface area (Å²) in [7, 11) is 0. The Bertz CT molecular complexity index is 607. The van der Waals surface area contributed by atoms with Gasteiger partial charge in [-0.25, -0.2) is 8.78 Å². The summed E-state index contributed by atoms with van der Waals surface area (Å²) in [6.45, 7) is 4.19. The second-order valence-electron chi connectivity index (χ2n) is 6.03. The van der Waals surface area contributed by atoms with Gasteiger partial charge in [0.05, 0.1) is 5.92 Å². The van der Waals surface area contributed by atoms with E-state index in [2.05, 4.69) is 0 Å². The second-order valence-corrected chi connectivity index (χ2v) is 6.03. The average Bonchev–Trinajstić information content (AvgIpc) is 2.95. The number of hydrogen-bond acceptors (Lipinski definition) is 3. The maximum absolute atomic E-state index is 13.7. The minimum atomic E-state index is -0.915. The fraction of sp³-hybridized carbons (Fsp3) is 0.500. The second kappa shape index (κ2) is 6.93. The Morgan fingerprint density at radius 1 is 1.35 bits per heavy atom. The quantitative estimate of drug-likeness (QED) is 0.895. The number of nitrogens with zero attached hydrogens (tertiary/aromatic N) is 1. The molecule has 2 N–H and O–H groups in total. The highest BCUT2D eigenvalue weighted by molar-refractivity contribution is 5.84. The maximum atomic E-state index is 13.7. The largest absolute Gasteiger partial charge is 0.477 e. The van der Waals surface area contributed by atoms with Gasteiger partial charge in [0.25, 0.3) is 5.91 Å². The number of carbonyl (C=O) groups excluding carboxylic acids is 2. The topological polar surface area (TPSA) is 72.6 Å². The zero-order chi connectivity index (χ0) is 17.1. The van der Waals surface area contributed by atoms with Crippen molar-refractivity contribution in [1.82, 2.24) is 4.90 Å². The molecule has 1 aromatic rings. The first-order valence-electron chi connectivity index (χ1n) is 7.49. The molecule has 0 bridgehead atoms. The lowest BCUT2D eigenvalue weighted by molar-refractivity contribution is -0.139. The Balaban J connectivity index is 2.12. The molecule has 0 spiro atoms. The molecule has 0 saturated carbocycles.